The second-order valence-electron chi connectivity index (χ2n) is 10.5. The first-order valence-electron chi connectivity index (χ1n) is 13.2. The molecule has 2 bridgehead atoms. The zero-order valence-corrected chi connectivity index (χ0v) is 21.0. The number of hydrogen-bond acceptors (Lipinski definition) is 4. The maximum atomic E-state index is 13.5. The number of pyridine rings is 1. The molecule has 9 heteroatoms. The summed E-state index contributed by atoms with van der Waals surface area (Å²) in [5, 5.41) is 4.54. The van der Waals surface area contributed by atoms with E-state index in [2.05, 4.69) is 20.2 Å². The Kier molecular flexibility index (Phi) is 5.52. The Morgan fingerprint density at radius 1 is 0.897 bits per heavy atom. The molecule has 8 rings (SSSR count). The summed E-state index contributed by atoms with van der Waals surface area (Å²) in [4.78, 5) is 27.0. The number of aromatic nitrogens is 3. The number of benzene rings is 3. The van der Waals surface area contributed by atoms with Crippen molar-refractivity contribution in [1.29, 1.82) is 0 Å². The van der Waals surface area contributed by atoms with Crippen LogP contribution in [-0.2, 0) is 6.18 Å². The molecule has 3 saturated heterocycles. The van der Waals surface area contributed by atoms with E-state index in [1.54, 1.807) is 0 Å². The fraction of sp³-hybridized carbons (Fsp3) is 0.267. The maximum absolute atomic E-state index is 13.5. The van der Waals surface area contributed by atoms with E-state index in [-0.39, 0.29) is 11.6 Å². The molecular weight excluding hydrogens is 503 g/mol. The number of nitrogens with one attached hydrogen (secondary N) is 3. The average Bonchev–Trinajstić information content (AvgIpc) is 3.37. The molecule has 3 fully saturated rings. The summed E-state index contributed by atoms with van der Waals surface area (Å²) in [6, 6.07) is 18.5. The van der Waals surface area contributed by atoms with Crippen molar-refractivity contribution in [3.63, 3.8) is 0 Å². The Hall–Kier alpha value is -4.11. The van der Waals surface area contributed by atoms with Crippen molar-refractivity contribution in [2.24, 2.45) is 5.92 Å². The highest BCUT2D eigenvalue weighted by molar-refractivity contribution is 6.01. The lowest BCUT2D eigenvalue weighted by Gasteiger charge is -2.45. The Labute approximate surface area is 221 Å². The molecule has 5 aromatic rings. The van der Waals surface area contributed by atoms with Gasteiger partial charge in [-0.15, -0.1) is 0 Å². The number of anilines is 1. The van der Waals surface area contributed by atoms with Crippen LogP contribution in [0.4, 0.5) is 18.9 Å². The summed E-state index contributed by atoms with van der Waals surface area (Å²) in [5.74, 6) is 0.981. The topological polar surface area (TPSA) is 76.8 Å². The van der Waals surface area contributed by atoms with Crippen molar-refractivity contribution in [3.8, 4) is 22.5 Å². The molecule has 0 unspecified atom stereocenters. The molecule has 6 nitrogen and oxygen atoms in total. The van der Waals surface area contributed by atoms with E-state index >= 15 is 0 Å². The third kappa shape index (κ3) is 4.27. The Bertz CT molecular complexity index is 1710. The lowest BCUT2D eigenvalue weighted by molar-refractivity contribution is -0.137. The van der Waals surface area contributed by atoms with Crippen LogP contribution in [0.2, 0.25) is 0 Å². The average molecular weight is 530 g/mol. The summed E-state index contributed by atoms with van der Waals surface area (Å²) < 4.78 is 39.4. The third-order valence-corrected chi connectivity index (χ3v) is 8.17. The second kappa shape index (κ2) is 8.98. The van der Waals surface area contributed by atoms with Gasteiger partial charge in [-0.05, 0) is 79.4 Å². The van der Waals surface area contributed by atoms with E-state index < -0.39 is 11.7 Å². The molecule has 5 heterocycles. The van der Waals surface area contributed by atoms with Crippen molar-refractivity contribution in [3.05, 3.63) is 82.6 Å². The normalized spacial score (nSPS) is 21.1. The van der Waals surface area contributed by atoms with Crippen molar-refractivity contribution in [1.82, 2.24) is 19.9 Å². The number of imidazole rings is 1. The summed E-state index contributed by atoms with van der Waals surface area (Å²) >= 11 is 0. The Morgan fingerprint density at radius 3 is 2.33 bits per heavy atom. The molecule has 0 spiro atoms. The number of piperidine rings is 3. The van der Waals surface area contributed by atoms with Crippen molar-refractivity contribution in [2.75, 3.05) is 25.0 Å². The monoisotopic (exact) mass is 529 g/mol. The van der Waals surface area contributed by atoms with Crippen molar-refractivity contribution in [2.45, 2.75) is 25.1 Å². The highest BCUT2D eigenvalue weighted by Crippen LogP contribution is 2.38. The lowest BCUT2D eigenvalue weighted by Crippen LogP contribution is -2.53. The van der Waals surface area contributed by atoms with Gasteiger partial charge in [0.25, 0.3) is 5.56 Å². The zero-order valence-electron chi connectivity index (χ0n) is 21.0. The van der Waals surface area contributed by atoms with Gasteiger partial charge in [-0.3, -0.25) is 4.79 Å². The van der Waals surface area contributed by atoms with E-state index in [0.29, 0.717) is 34.1 Å². The van der Waals surface area contributed by atoms with Crippen LogP contribution in [0.3, 0.4) is 0 Å². The van der Waals surface area contributed by atoms with Gasteiger partial charge in [-0.25, -0.2) is 4.98 Å². The molecule has 1 atom stereocenters. The number of alkyl halides is 3. The van der Waals surface area contributed by atoms with Crippen LogP contribution in [0.25, 0.3) is 44.5 Å². The molecular formula is C30H26F3N5O. The van der Waals surface area contributed by atoms with Gasteiger partial charge in [-0.2, -0.15) is 13.2 Å². The van der Waals surface area contributed by atoms with Crippen LogP contribution in [0, 0.1) is 5.92 Å². The van der Waals surface area contributed by atoms with E-state index in [9.17, 15) is 18.0 Å². The summed E-state index contributed by atoms with van der Waals surface area (Å²) in [7, 11) is 0. The molecule has 0 aliphatic carbocycles. The number of rotatable bonds is 4. The van der Waals surface area contributed by atoms with Gasteiger partial charge in [0, 0.05) is 18.0 Å². The standard InChI is InChI=1S/C30H26F3N5O/c31-30(32,33)20-8-5-17(6-9-20)19-7-10-22-21(15-19)27(34-25-16-38-13-11-18(25)12-14-38)26(29(39)37-22)28-35-23-3-1-2-4-24(23)36-28/h1-10,15,18,25H,11-14,16H2,(H,35,36)(H2,34,37,39)/t25-/m1/s1. The SMILES string of the molecule is O=c1[nH]c2ccc(-c3ccc(C(F)(F)F)cc3)cc2c(N[C@@H]2CN3CCC2CC3)c1-c1nc2ccccc2[nH]1. The minimum absolute atomic E-state index is 0.176. The van der Waals surface area contributed by atoms with Gasteiger partial charge in [0.05, 0.1) is 27.8 Å². The van der Waals surface area contributed by atoms with Crippen LogP contribution < -0.4 is 10.9 Å². The minimum Gasteiger partial charge on any atom is -0.379 e. The number of aromatic amines is 2. The minimum atomic E-state index is -4.39. The largest absolute Gasteiger partial charge is 0.416 e. The molecule has 0 radical (unpaired) electrons. The first-order valence-corrected chi connectivity index (χ1v) is 13.2. The van der Waals surface area contributed by atoms with Crippen LogP contribution >= 0.6 is 0 Å². The van der Waals surface area contributed by atoms with Gasteiger partial charge in [0.1, 0.15) is 11.4 Å². The van der Waals surface area contributed by atoms with E-state index in [1.807, 2.05) is 42.5 Å². The van der Waals surface area contributed by atoms with Gasteiger partial charge in [0.15, 0.2) is 0 Å². The van der Waals surface area contributed by atoms with Crippen LogP contribution in [0.1, 0.15) is 18.4 Å². The number of hydrogen-bond donors (Lipinski definition) is 3. The molecule has 2 aromatic heterocycles. The molecule has 39 heavy (non-hydrogen) atoms. The summed E-state index contributed by atoms with van der Waals surface area (Å²) in [6.45, 7) is 3.08. The molecule has 3 aromatic carbocycles. The Balaban J connectivity index is 1.40. The number of nitrogens with zero attached hydrogens (tertiary/aromatic N) is 2. The van der Waals surface area contributed by atoms with E-state index in [0.717, 1.165) is 66.6 Å². The second-order valence-corrected chi connectivity index (χ2v) is 10.5. The Morgan fingerprint density at radius 2 is 1.64 bits per heavy atom. The number of para-hydroxylation sites is 2. The number of fused-ring (bicyclic) bond motifs is 5. The maximum Gasteiger partial charge on any atom is 0.416 e. The van der Waals surface area contributed by atoms with Gasteiger partial charge >= 0.3 is 6.18 Å². The molecule has 0 amide bonds. The van der Waals surface area contributed by atoms with Gasteiger partial charge < -0.3 is 20.2 Å². The highest BCUT2D eigenvalue weighted by atomic mass is 19.4. The highest BCUT2D eigenvalue weighted by Gasteiger charge is 2.35. The van der Waals surface area contributed by atoms with E-state index in [4.69, 9.17) is 4.98 Å². The van der Waals surface area contributed by atoms with Gasteiger partial charge in [0.2, 0.25) is 0 Å². The summed E-state index contributed by atoms with van der Waals surface area (Å²) in [6.07, 6.45) is -2.18. The smallest absolute Gasteiger partial charge is 0.379 e. The number of H-pyrrole nitrogens is 2. The van der Waals surface area contributed by atoms with Gasteiger partial charge in [-0.1, -0.05) is 30.3 Å². The van der Waals surface area contributed by atoms with Crippen molar-refractivity contribution < 1.29 is 13.2 Å². The fourth-order valence-corrected chi connectivity index (χ4v) is 6.09. The molecule has 3 N–H and O–H groups in total. The summed E-state index contributed by atoms with van der Waals surface area (Å²) in [5.41, 5.74) is 3.85. The lowest BCUT2D eigenvalue weighted by atomic mass is 9.83. The molecule has 198 valence electrons. The van der Waals surface area contributed by atoms with Crippen LogP contribution in [-0.4, -0.2) is 45.5 Å². The first kappa shape index (κ1) is 24.0. The third-order valence-electron chi connectivity index (χ3n) is 8.17. The van der Waals surface area contributed by atoms with Crippen LogP contribution in [0.15, 0.2) is 71.5 Å². The predicted molar refractivity (Wildman–Crippen MR) is 147 cm³/mol. The van der Waals surface area contributed by atoms with Crippen molar-refractivity contribution >= 4 is 27.6 Å². The zero-order chi connectivity index (χ0) is 26.7. The van der Waals surface area contributed by atoms with E-state index in [1.165, 1.54) is 12.1 Å². The molecule has 3 aliphatic heterocycles. The predicted octanol–water partition coefficient (Wildman–Crippen LogP) is 6.26. The van der Waals surface area contributed by atoms with Crippen LogP contribution in [0.5, 0.6) is 0 Å². The molecule has 3 aliphatic rings. The quantitative estimate of drug-likeness (QED) is 0.257. The molecule has 0 saturated carbocycles. The fourth-order valence-electron chi connectivity index (χ4n) is 6.09. The first-order chi connectivity index (χ1) is 18.8. The number of halogens is 3.